The number of anilines is 1. The van der Waals surface area contributed by atoms with Crippen LogP contribution in [-0.4, -0.2) is 10.9 Å². The van der Waals surface area contributed by atoms with Crippen LogP contribution in [0.5, 0.6) is 0 Å². The Morgan fingerprint density at radius 1 is 1.22 bits per heavy atom. The van der Waals surface area contributed by atoms with Crippen LogP contribution in [0, 0.1) is 6.92 Å². The first kappa shape index (κ1) is 12.1. The highest BCUT2D eigenvalue weighted by atomic mass is 16.1. The maximum absolute atomic E-state index is 11.8. The summed E-state index contributed by atoms with van der Waals surface area (Å²) in [6, 6.07) is 12.6. The number of aromatic nitrogens is 1. The lowest BCUT2D eigenvalue weighted by molar-refractivity contribution is 0.0950. The summed E-state index contributed by atoms with van der Waals surface area (Å²) in [6.07, 6.45) is 0. The Labute approximate surface area is 106 Å². The van der Waals surface area contributed by atoms with Crippen LogP contribution in [0.3, 0.4) is 0 Å². The van der Waals surface area contributed by atoms with Gasteiger partial charge < -0.3 is 11.1 Å². The Balaban J connectivity index is 1.98. The Morgan fingerprint density at radius 2 is 1.94 bits per heavy atom. The summed E-state index contributed by atoms with van der Waals surface area (Å²) in [6.45, 7) is 2.34. The summed E-state index contributed by atoms with van der Waals surface area (Å²) in [5.74, 6) is -0.127. The number of hydrogen-bond donors (Lipinski definition) is 2. The van der Waals surface area contributed by atoms with E-state index in [4.69, 9.17) is 5.73 Å². The van der Waals surface area contributed by atoms with E-state index in [0.717, 1.165) is 11.4 Å². The Hall–Kier alpha value is -2.36. The van der Waals surface area contributed by atoms with E-state index in [-0.39, 0.29) is 5.91 Å². The van der Waals surface area contributed by atoms with Crippen molar-refractivity contribution in [3.63, 3.8) is 0 Å². The molecule has 0 radical (unpaired) electrons. The first-order chi connectivity index (χ1) is 8.65. The maximum atomic E-state index is 11.8. The van der Waals surface area contributed by atoms with Gasteiger partial charge in [0.25, 0.3) is 5.91 Å². The molecule has 1 aromatic carbocycles. The molecule has 4 nitrogen and oxygen atoms in total. The predicted molar refractivity (Wildman–Crippen MR) is 71.0 cm³/mol. The van der Waals surface area contributed by atoms with Crippen LogP contribution in [-0.2, 0) is 6.54 Å². The fourth-order valence-electron chi connectivity index (χ4n) is 1.61. The van der Waals surface area contributed by atoms with Gasteiger partial charge in [-0.25, -0.2) is 0 Å². The maximum Gasteiger partial charge on any atom is 0.251 e. The highest BCUT2D eigenvalue weighted by Crippen LogP contribution is 2.05. The fraction of sp³-hybridized carbons (Fsp3) is 0.143. The molecule has 0 bridgehead atoms. The molecule has 18 heavy (non-hydrogen) atoms. The van der Waals surface area contributed by atoms with Crippen LogP contribution >= 0.6 is 0 Å². The number of amides is 1. The number of hydrogen-bond acceptors (Lipinski definition) is 3. The molecule has 92 valence electrons. The van der Waals surface area contributed by atoms with Crippen molar-refractivity contribution in [1.29, 1.82) is 0 Å². The average molecular weight is 241 g/mol. The van der Waals surface area contributed by atoms with Gasteiger partial charge in [0.1, 0.15) is 0 Å². The smallest absolute Gasteiger partial charge is 0.251 e. The van der Waals surface area contributed by atoms with E-state index >= 15 is 0 Å². The number of nitrogens with one attached hydrogen (secondary N) is 1. The summed E-state index contributed by atoms with van der Waals surface area (Å²) >= 11 is 0. The number of nitrogens with zero attached hydrogens (tertiary/aromatic N) is 1. The molecule has 0 unspecified atom stereocenters. The molecular weight excluding hydrogens is 226 g/mol. The van der Waals surface area contributed by atoms with E-state index < -0.39 is 0 Å². The van der Waals surface area contributed by atoms with Crippen molar-refractivity contribution in [2.45, 2.75) is 13.5 Å². The van der Waals surface area contributed by atoms with Gasteiger partial charge >= 0.3 is 0 Å². The zero-order valence-electron chi connectivity index (χ0n) is 10.2. The van der Waals surface area contributed by atoms with Crippen LogP contribution in [0.1, 0.15) is 21.7 Å². The molecule has 0 aliphatic rings. The van der Waals surface area contributed by atoms with E-state index in [2.05, 4.69) is 10.3 Å². The number of nitrogen functional groups attached to an aromatic ring is 1. The van der Waals surface area contributed by atoms with E-state index in [1.807, 2.05) is 25.1 Å². The van der Waals surface area contributed by atoms with Crippen molar-refractivity contribution in [3.05, 3.63) is 59.4 Å². The Bertz CT molecular complexity index is 549. The number of carbonyl (C=O) groups excluding carboxylic acids is 1. The summed E-state index contributed by atoms with van der Waals surface area (Å²) in [5, 5.41) is 2.82. The van der Waals surface area contributed by atoms with E-state index in [1.165, 1.54) is 0 Å². The van der Waals surface area contributed by atoms with Crippen molar-refractivity contribution in [2.75, 3.05) is 5.73 Å². The van der Waals surface area contributed by atoms with Crippen molar-refractivity contribution in [2.24, 2.45) is 0 Å². The lowest BCUT2D eigenvalue weighted by Gasteiger charge is -2.05. The summed E-state index contributed by atoms with van der Waals surface area (Å²) in [4.78, 5) is 16.2. The minimum Gasteiger partial charge on any atom is -0.399 e. The molecule has 0 atom stereocenters. The molecule has 2 rings (SSSR count). The minimum absolute atomic E-state index is 0.127. The zero-order valence-corrected chi connectivity index (χ0v) is 10.2. The molecule has 0 aliphatic carbocycles. The van der Waals surface area contributed by atoms with Crippen molar-refractivity contribution < 1.29 is 4.79 Å². The van der Waals surface area contributed by atoms with Crippen molar-refractivity contribution in [3.8, 4) is 0 Å². The molecule has 1 amide bonds. The monoisotopic (exact) mass is 241 g/mol. The van der Waals surface area contributed by atoms with Gasteiger partial charge in [0.15, 0.2) is 0 Å². The van der Waals surface area contributed by atoms with E-state index in [1.54, 1.807) is 24.3 Å². The summed E-state index contributed by atoms with van der Waals surface area (Å²) < 4.78 is 0. The molecule has 0 fully saturated rings. The normalized spacial score (nSPS) is 10.1. The highest BCUT2D eigenvalue weighted by Gasteiger charge is 2.04. The van der Waals surface area contributed by atoms with Crippen LogP contribution < -0.4 is 11.1 Å². The van der Waals surface area contributed by atoms with E-state index in [9.17, 15) is 4.79 Å². The van der Waals surface area contributed by atoms with Gasteiger partial charge in [0, 0.05) is 16.9 Å². The first-order valence-corrected chi connectivity index (χ1v) is 5.71. The van der Waals surface area contributed by atoms with Gasteiger partial charge in [-0.3, -0.25) is 9.78 Å². The van der Waals surface area contributed by atoms with Crippen LogP contribution in [0.2, 0.25) is 0 Å². The number of carbonyl (C=O) groups is 1. The standard InChI is InChI=1S/C14H15N3O/c1-10-3-2-4-13(17-10)9-16-14(18)11-5-7-12(15)8-6-11/h2-8H,9,15H2,1H3,(H,16,18). The topological polar surface area (TPSA) is 68.0 Å². The summed E-state index contributed by atoms with van der Waals surface area (Å²) in [5.41, 5.74) is 8.59. The molecule has 4 heteroatoms. The molecule has 0 aliphatic heterocycles. The molecule has 0 spiro atoms. The second-order valence-corrected chi connectivity index (χ2v) is 4.07. The van der Waals surface area contributed by atoms with Crippen LogP contribution in [0.4, 0.5) is 5.69 Å². The molecule has 0 saturated carbocycles. The third kappa shape index (κ3) is 3.07. The number of pyridine rings is 1. The van der Waals surface area contributed by atoms with Crippen molar-refractivity contribution >= 4 is 11.6 Å². The van der Waals surface area contributed by atoms with Gasteiger partial charge in [-0.1, -0.05) is 6.07 Å². The van der Waals surface area contributed by atoms with Crippen molar-refractivity contribution in [1.82, 2.24) is 10.3 Å². The number of nitrogens with two attached hydrogens (primary N) is 1. The van der Waals surface area contributed by atoms with Gasteiger partial charge in [-0.15, -0.1) is 0 Å². The SMILES string of the molecule is Cc1cccc(CNC(=O)c2ccc(N)cc2)n1. The quantitative estimate of drug-likeness (QED) is 0.806. The number of aryl methyl sites for hydroxylation is 1. The van der Waals surface area contributed by atoms with Gasteiger partial charge in [0.05, 0.1) is 12.2 Å². The third-order valence-electron chi connectivity index (χ3n) is 2.55. The predicted octanol–water partition coefficient (Wildman–Crippen LogP) is 1.90. The highest BCUT2D eigenvalue weighted by molar-refractivity contribution is 5.94. The summed E-state index contributed by atoms with van der Waals surface area (Å²) in [7, 11) is 0. The molecule has 3 N–H and O–H groups in total. The Kier molecular flexibility index (Phi) is 3.57. The molecule has 1 heterocycles. The number of benzene rings is 1. The van der Waals surface area contributed by atoms with E-state index in [0.29, 0.717) is 17.8 Å². The number of rotatable bonds is 3. The molecule has 1 aromatic heterocycles. The molecule has 0 saturated heterocycles. The lowest BCUT2D eigenvalue weighted by atomic mass is 10.2. The minimum atomic E-state index is -0.127. The second kappa shape index (κ2) is 5.31. The van der Waals surface area contributed by atoms with Crippen LogP contribution in [0.15, 0.2) is 42.5 Å². The Morgan fingerprint density at radius 3 is 2.61 bits per heavy atom. The van der Waals surface area contributed by atoms with Crippen LogP contribution in [0.25, 0.3) is 0 Å². The zero-order chi connectivity index (χ0) is 13.0. The first-order valence-electron chi connectivity index (χ1n) is 5.71. The second-order valence-electron chi connectivity index (χ2n) is 4.07. The molecular formula is C14H15N3O. The van der Waals surface area contributed by atoms with Gasteiger partial charge in [0.2, 0.25) is 0 Å². The lowest BCUT2D eigenvalue weighted by Crippen LogP contribution is -2.23. The largest absolute Gasteiger partial charge is 0.399 e. The fourth-order valence-corrected chi connectivity index (χ4v) is 1.61. The van der Waals surface area contributed by atoms with Gasteiger partial charge in [-0.05, 0) is 43.3 Å². The molecule has 2 aromatic rings. The third-order valence-corrected chi connectivity index (χ3v) is 2.55. The average Bonchev–Trinajstić information content (AvgIpc) is 2.37. The van der Waals surface area contributed by atoms with Gasteiger partial charge in [-0.2, -0.15) is 0 Å².